The first-order chi connectivity index (χ1) is 11.9. The molecule has 1 saturated heterocycles. The van der Waals surface area contributed by atoms with E-state index in [4.69, 9.17) is 0 Å². The van der Waals surface area contributed by atoms with E-state index in [0.29, 0.717) is 17.5 Å². The zero-order valence-corrected chi connectivity index (χ0v) is 14.7. The molecule has 0 spiro atoms. The number of hydrogen-bond acceptors (Lipinski definition) is 5. The number of nitro groups is 1. The maximum atomic E-state index is 12.6. The lowest BCUT2D eigenvalue weighted by molar-refractivity contribution is -0.384. The summed E-state index contributed by atoms with van der Waals surface area (Å²) in [4.78, 5) is 29.9. The van der Waals surface area contributed by atoms with Gasteiger partial charge in [-0.05, 0) is 30.4 Å². The van der Waals surface area contributed by atoms with Gasteiger partial charge in [-0.3, -0.25) is 14.9 Å². The van der Waals surface area contributed by atoms with E-state index in [1.807, 2.05) is 0 Å². The molecule has 1 aromatic heterocycles. The van der Waals surface area contributed by atoms with Gasteiger partial charge in [-0.25, -0.2) is 4.98 Å². The standard InChI is InChI=1S/C18H22N4O3/c1-12-8-13(2)11-21(10-12)15-5-4-14(9-16(15)22(24)25)17(23)18-19-6-7-20(18)3/h4-7,9,12-13H,8,10-11H2,1-3H3. The number of anilines is 1. The fourth-order valence-electron chi connectivity index (χ4n) is 3.65. The lowest BCUT2D eigenvalue weighted by Gasteiger charge is -2.36. The minimum atomic E-state index is -0.408. The van der Waals surface area contributed by atoms with E-state index >= 15 is 0 Å². The Kier molecular flexibility index (Phi) is 4.57. The Bertz CT molecular complexity index is 804. The van der Waals surface area contributed by atoms with Crippen LogP contribution in [0, 0.1) is 22.0 Å². The second-order valence-electron chi connectivity index (χ2n) is 7.00. The number of aryl methyl sites for hydroxylation is 1. The molecule has 0 bridgehead atoms. The SMILES string of the molecule is CC1CC(C)CN(c2ccc(C(=O)c3nccn3C)cc2[N+](=O)[O-])C1. The zero-order valence-electron chi connectivity index (χ0n) is 14.7. The normalized spacial score (nSPS) is 20.5. The molecule has 0 saturated carbocycles. The van der Waals surface area contributed by atoms with E-state index in [9.17, 15) is 14.9 Å². The molecule has 2 atom stereocenters. The van der Waals surface area contributed by atoms with Crippen LogP contribution >= 0.6 is 0 Å². The molecule has 7 heteroatoms. The molecule has 7 nitrogen and oxygen atoms in total. The lowest BCUT2D eigenvalue weighted by Crippen LogP contribution is -2.39. The monoisotopic (exact) mass is 342 g/mol. The number of benzene rings is 1. The number of carbonyl (C=O) groups excluding carboxylic acids is 1. The molecule has 0 aliphatic carbocycles. The smallest absolute Gasteiger partial charge is 0.293 e. The molecule has 1 aromatic carbocycles. The number of rotatable bonds is 4. The van der Waals surface area contributed by atoms with Gasteiger partial charge in [-0.15, -0.1) is 0 Å². The second-order valence-corrected chi connectivity index (χ2v) is 7.00. The van der Waals surface area contributed by atoms with Crippen LogP contribution in [0.25, 0.3) is 0 Å². The molecule has 1 fully saturated rings. The van der Waals surface area contributed by atoms with Crippen molar-refractivity contribution in [3.63, 3.8) is 0 Å². The van der Waals surface area contributed by atoms with Crippen LogP contribution in [-0.2, 0) is 7.05 Å². The number of piperidine rings is 1. The number of ketones is 1. The fraction of sp³-hybridized carbons (Fsp3) is 0.444. The summed E-state index contributed by atoms with van der Waals surface area (Å²) in [5.74, 6) is 0.916. The van der Waals surface area contributed by atoms with Crippen molar-refractivity contribution in [1.82, 2.24) is 9.55 Å². The van der Waals surface area contributed by atoms with Gasteiger partial charge in [0.1, 0.15) is 5.69 Å². The summed E-state index contributed by atoms with van der Waals surface area (Å²) in [6.45, 7) is 5.90. The number of aromatic nitrogens is 2. The Morgan fingerprint density at radius 3 is 2.52 bits per heavy atom. The first kappa shape index (κ1) is 17.1. The van der Waals surface area contributed by atoms with E-state index < -0.39 is 4.92 Å². The van der Waals surface area contributed by atoms with Crippen molar-refractivity contribution in [2.24, 2.45) is 18.9 Å². The average Bonchev–Trinajstić information content (AvgIpc) is 2.98. The van der Waals surface area contributed by atoms with E-state index in [2.05, 4.69) is 23.7 Å². The molecule has 0 amide bonds. The van der Waals surface area contributed by atoms with Gasteiger partial charge in [0.15, 0.2) is 5.82 Å². The summed E-state index contributed by atoms with van der Waals surface area (Å²) in [5, 5.41) is 11.6. The van der Waals surface area contributed by atoms with Gasteiger partial charge in [0.25, 0.3) is 5.69 Å². The number of nitrogens with zero attached hydrogens (tertiary/aromatic N) is 4. The maximum absolute atomic E-state index is 12.6. The van der Waals surface area contributed by atoms with Crippen LogP contribution in [0.1, 0.15) is 36.5 Å². The van der Waals surface area contributed by atoms with Gasteiger partial charge in [-0.1, -0.05) is 13.8 Å². The van der Waals surface area contributed by atoms with Gasteiger partial charge in [0.2, 0.25) is 5.78 Å². The molecular weight excluding hydrogens is 320 g/mol. The van der Waals surface area contributed by atoms with Crippen LogP contribution in [0.3, 0.4) is 0 Å². The Morgan fingerprint density at radius 2 is 1.96 bits per heavy atom. The van der Waals surface area contributed by atoms with Crippen molar-refractivity contribution < 1.29 is 9.72 Å². The van der Waals surface area contributed by atoms with E-state index in [1.54, 1.807) is 29.9 Å². The molecule has 132 valence electrons. The highest BCUT2D eigenvalue weighted by molar-refractivity contribution is 6.07. The number of nitro benzene ring substituents is 1. The Labute approximate surface area is 146 Å². The molecule has 1 aliphatic heterocycles. The summed E-state index contributed by atoms with van der Waals surface area (Å²) >= 11 is 0. The minimum Gasteiger partial charge on any atom is -0.365 e. The predicted molar refractivity (Wildman–Crippen MR) is 94.9 cm³/mol. The van der Waals surface area contributed by atoms with Gasteiger partial charge < -0.3 is 9.47 Å². The van der Waals surface area contributed by atoms with E-state index in [1.165, 1.54) is 12.3 Å². The molecule has 2 heterocycles. The molecule has 25 heavy (non-hydrogen) atoms. The molecule has 2 unspecified atom stereocenters. The van der Waals surface area contributed by atoms with Gasteiger partial charge in [-0.2, -0.15) is 0 Å². The second kappa shape index (κ2) is 6.66. The Hall–Kier alpha value is -2.70. The van der Waals surface area contributed by atoms with Crippen LogP contribution in [0.5, 0.6) is 0 Å². The number of carbonyl (C=O) groups is 1. The summed E-state index contributed by atoms with van der Waals surface area (Å²) in [7, 11) is 1.72. The van der Waals surface area contributed by atoms with Crippen molar-refractivity contribution in [2.45, 2.75) is 20.3 Å². The third kappa shape index (κ3) is 3.40. The van der Waals surface area contributed by atoms with Crippen molar-refractivity contribution in [2.75, 3.05) is 18.0 Å². The third-order valence-electron chi connectivity index (χ3n) is 4.67. The third-order valence-corrected chi connectivity index (χ3v) is 4.67. The minimum absolute atomic E-state index is 0.0265. The van der Waals surface area contributed by atoms with Gasteiger partial charge in [0, 0.05) is 44.2 Å². The zero-order chi connectivity index (χ0) is 18.1. The Balaban J connectivity index is 1.98. The molecular formula is C18H22N4O3. The van der Waals surface area contributed by atoms with Crippen molar-refractivity contribution in [1.29, 1.82) is 0 Å². The van der Waals surface area contributed by atoms with Crippen LogP contribution in [-0.4, -0.2) is 33.3 Å². The predicted octanol–water partition coefficient (Wildman–Crippen LogP) is 3.04. The first-order valence-corrected chi connectivity index (χ1v) is 8.42. The quantitative estimate of drug-likeness (QED) is 0.484. The molecule has 2 aromatic rings. The number of hydrogen-bond donors (Lipinski definition) is 0. The summed E-state index contributed by atoms with van der Waals surface area (Å²) in [6, 6.07) is 4.72. The topological polar surface area (TPSA) is 81.3 Å². The Morgan fingerprint density at radius 1 is 1.28 bits per heavy atom. The summed E-state index contributed by atoms with van der Waals surface area (Å²) < 4.78 is 1.61. The highest BCUT2D eigenvalue weighted by Gasteiger charge is 2.28. The van der Waals surface area contributed by atoms with Crippen molar-refractivity contribution in [3.05, 3.63) is 52.1 Å². The van der Waals surface area contributed by atoms with Crippen LogP contribution in [0.15, 0.2) is 30.6 Å². The highest BCUT2D eigenvalue weighted by atomic mass is 16.6. The van der Waals surface area contributed by atoms with Gasteiger partial charge in [0.05, 0.1) is 4.92 Å². The van der Waals surface area contributed by atoms with E-state index in [0.717, 1.165) is 19.5 Å². The van der Waals surface area contributed by atoms with Crippen molar-refractivity contribution in [3.8, 4) is 0 Å². The highest BCUT2D eigenvalue weighted by Crippen LogP contribution is 2.34. The molecule has 3 rings (SSSR count). The fourth-order valence-corrected chi connectivity index (χ4v) is 3.65. The average molecular weight is 342 g/mol. The molecule has 0 N–H and O–H groups in total. The molecule has 1 aliphatic rings. The maximum Gasteiger partial charge on any atom is 0.293 e. The van der Waals surface area contributed by atoms with Crippen LogP contribution in [0.2, 0.25) is 0 Å². The van der Waals surface area contributed by atoms with E-state index in [-0.39, 0.29) is 22.9 Å². The largest absolute Gasteiger partial charge is 0.365 e. The summed E-state index contributed by atoms with van der Waals surface area (Å²) in [6.07, 6.45) is 4.33. The number of imidazole rings is 1. The van der Waals surface area contributed by atoms with Crippen LogP contribution in [0.4, 0.5) is 11.4 Å². The lowest BCUT2D eigenvalue weighted by atomic mass is 9.91. The van der Waals surface area contributed by atoms with Crippen LogP contribution < -0.4 is 4.90 Å². The van der Waals surface area contributed by atoms with Crippen molar-refractivity contribution >= 4 is 17.2 Å². The first-order valence-electron chi connectivity index (χ1n) is 8.42. The van der Waals surface area contributed by atoms with Gasteiger partial charge >= 0.3 is 0 Å². The summed E-state index contributed by atoms with van der Waals surface area (Å²) in [5.41, 5.74) is 0.837. The molecule has 0 radical (unpaired) electrons.